The fourth-order valence-electron chi connectivity index (χ4n) is 4.94. The SMILES string of the molecule is O=C(CCc1ccncc1)N1CCC2(CC1)c1nc[nH]c1CCN2C(=O)C1CC1. The van der Waals surface area contributed by atoms with Crippen molar-refractivity contribution in [3.8, 4) is 0 Å². The predicted octanol–water partition coefficient (Wildman–Crippen LogP) is 2.05. The molecule has 1 aliphatic carbocycles. The number of nitrogens with one attached hydrogen (secondary N) is 1. The van der Waals surface area contributed by atoms with Gasteiger partial charge in [0.25, 0.3) is 0 Å². The number of aromatic nitrogens is 3. The van der Waals surface area contributed by atoms with E-state index in [2.05, 4.69) is 19.9 Å². The molecule has 2 fully saturated rings. The first-order valence-electron chi connectivity index (χ1n) is 10.7. The second-order valence-corrected chi connectivity index (χ2v) is 8.51. The molecule has 152 valence electrons. The van der Waals surface area contributed by atoms with Crippen LogP contribution in [0.25, 0.3) is 0 Å². The monoisotopic (exact) mass is 393 g/mol. The molecule has 7 nitrogen and oxygen atoms in total. The Hall–Kier alpha value is -2.70. The van der Waals surface area contributed by atoms with Crippen LogP contribution in [-0.2, 0) is 28.0 Å². The van der Waals surface area contributed by atoms with E-state index < -0.39 is 0 Å². The predicted molar refractivity (Wildman–Crippen MR) is 107 cm³/mol. The van der Waals surface area contributed by atoms with Crippen molar-refractivity contribution in [3.05, 3.63) is 47.8 Å². The summed E-state index contributed by atoms with van der Waals surface area (Å²) in [5.41, 5.74) is 2.97. The van der Waals surface area contributed by atoms with Gasteiger partial charge in [0.2, 0.25) is 11.8 Å². The summed E-state index contributed by atoms with van der Waals surface area (Å²) >= 11 is 0. The number of hydrogen-bond donors (Lipinski definition) is 1. The number of amides is 2. The summed E-state index contributed by atoms with van der Waals surface area (Å²) in [5.74, 6) is 0.679. The van der Waals surface area contributed by atoms with Gasteiger partial charge in [-0.1, -0.05) is 0 Å². The van der Waals surface area contributed by atoms with E-state index in [1.54, 1.807) is 18.7 Å². The van der Waals surface area contributed by atoms with Gasteiger partial charge in [0.1, 0.15) is 0 Å². The zero-order valence-electron chi connectivity index (χ0n) is 16.6. The maximum absolute atomic E-state index is 13.0. The number of pyridine rings is 1. The third-order valence-corrected chi connectivity index (χ3v) is 6.77. The van der Waals surface area contributed by atoms with Gasteiger partial charge in [-0.15, -0.1) is 0 Å². The topological polar surface area (TPSA) is 82.2 Å². The maximum atomic E-state index is 13.0. The highest BCUT2D eigenvalue weighted by molar-refractivity contribution is 5.82. The van der Waals surface area contributed by atoms with Gasteiger partial charge in [-0.05, 0) is 49.8 Å². The molecule has 5 rings (SSSR count). The number of H-pyrrole nitrogens is 1. The molecule has 0 radical (unpaired) electrons. The highest BCUT2D eigenvalue weighted by atomic mass is 16.2. The van der Waals surface area contributed by atoms with E-state index in [9.17, 15) is 9.59 Å². The third kappa shape index (κ3) is 3.32. The molecule has 1 saturated carbocycles. The molecule has 1 spiro atoms. The van der Waals surface area contributed by atoms with Crippen LogP contribution in [0.5, 0.6) is 0 Å². The Labute approximate surface area is 170 Å². The fraction of sp³-hybridized carbons (Fsp3) is 0.545. The number of aryl methyl sites for hydroxylation is 1. The van der Waals surface area contributed by atoms with E-state index in [0.717, 1.165) is 62.0 Å². The van der Waals surface area contributed by atoms with E-state index >= 15 is 0 Å². The first kappa shape index (κ1) is 18.3. The molecular weight excluding hydrogens is 366 g/mol. The molecule has 3 aliphatic rings. The van der Waals surface area contributed by atoms with Crippen molar-refractivity contribution in [3.63, 3.8) is 0 Å². The van der Waals surface area contributed by atoms with Crippen LogP contribution in [0.15, 0.2) is 30.9 Å². The zero-order chi connectivity index (χ0) is 19.8. The molecule has 2 amide bonds. The highest BCUT2D eigenvalue weighted by Crippen LogP contribution is 2.45. The number of hydrogen-bond acceptors (Lipinski definition) is 4. The number of carbonyl (C=O) groups is 2. The Balaban J connectivity index is 1.29. The van der Waals surface area contributed by atoms with E-state index in [1.807, 2.05) is 17.0 Å². The lowest BCUT2D eigenvalue weighted by atomic mass is 9.78. The standard InChI is InChI=1S/C22H27N5O2/c28-19(4-1-16-5-10-23-11-6-16)26-13-8-22(9-14-26)20-18(24-15-25-20)7-12-27(22)21(29)17-2-3-17/h5-6,10-11,15,17H,1-4,7-9,12-14H2,(H,24,25). The number of rotatable bonds is 4. The van der Waals surface area contributed by atoms with Crippen molar-refractivity contribution in [1.82, 2.24) is 24.8 Å². The number of carbonyl (C=O) groups excluding carboxylic acids is 2. The molecular formula is C22H27N5O2. The minimum Gasteiger partial charge on any atom is -0.348 e. The Kier molecular flexibility index (Phi) is 4.60. The lowest BCUT2D eigenvalue weighted by Crippen LogP contribution is -2.59. The summed E-state index contributed by atoms with van der Waals surface area (Å²) in [5, 5.41) is 0. The second kappa shape index (κ2) is 7.28. The number of likely N-dealkylation sites (tertiary alicyclic amines) is 1. The lowest BCUT2D eigenvalue weighted by Gasteiger charge is -2.50. The molecule has 2 aromatic rings. The van der Waals surface area contributed by atoms with Gasteiger partial charge in [0.15, 0.2) is 0 Å². The van der Waals surface area contributed by atoms with Gasteiger partial charge in [0.05, 0.1) is 17.6 Å². The molecule has 0 bridgehead atoms. The average molecular weight is 393 g/mol. The molecule has 1 saturated heterocycles. The molecule has 0 atom stereocenters. The Morgan fingerprint density at radius 3 is 2.62 bits per heavy atom. The summed E-state index contributed by atoms with van der Waals surface area (Å²) in [7, 11) is 0. The van der Waals surface area contributed by atoms with E-state index in [4.69, 9.17) is 0 Å². The van der Waals surface area contributed by atoms with Gasteiger partial charge >= 0.3 is 0 Å². The zero-order valence-corrected chi connectivity index (χ0v) is 16.6. The van der Waals surface area contributed by atoms with Crippen LogP contribution >= 0.6 is 0 Å². The lowest BCUT2D eigenvalue weighted by molar-refractivity contribution is -0.145. The van der Waals surface area contributed by atoms with Crippen LogP contribution in [-0.4, -0.2) is 56.2 Å². The van der Waals surface area contributed by atoms with Gasteiger partial charge in [-0.3, -0.25) is 14.6 Å². The van der Waals surface area contributed by atoms with Crippen LogP contribution in [0.2, 0.25) is 0 Å². The summed E-state index contributed by atoms with van der Waals surface area (Å²) in [6.07, 6.45) is 10.9. The number of fused-ring (bicyclic) bond motifs is 2. The van der Waals surface area contributed by atoms with Gasteiger partial charge in [-0.2, -0.15) is 0 Å². The van der Waals surface area contributed by atoms with Crippen molar-refractivity contribution >= 4 is 11.8 Å². The molecule has 1 N–H and O–H groups in total. The van der Waals surface area contributed by atoms with Crippen molar-refractivity contribution in [2.24, 2.45) is 5.92 Å². The Bertz CT molecular complexity index is 897. The van der Waals surface area contributed by atoms with Crippen LogP contribution in [0.1, 0.15) is 49.1 Å². The summed E-state index contributed by atoms with van der Waals surface area (Å²) in [4.78, 5) is 41.8. The molecule has 4 heterocycles. The van der Waals surface area contributed by atoms with Crippen LogP contribution in [0, 0.1) is 5.92 Å². The third-order valence-electron chi connectivity index (χ3n) is 6.77. The van der Waals surface area contributed by atoms with Crippen LogP contribution in [0.4, 0.5) is 0 Å². The minimum atomic E-state index is -0.352. The van der Waals surface area contributed by atoms with Gasteiger partial charge < -0.3 is 14.8 Å². The second-order valence-electron chi connectivity index (χ2n) is 8.51. The molecule has 0 aromatic carbocycles. The van der Waals surface area contributed by atoms with E-state index in [0.29, 0.717) is 19.5 Å². The van der Waals surface area contributed by atoms with Crippen LogP contribution in [0.3, 0.4) is 0 Å². The first-order chi connectivity index (χ1) is 14.2. The maximum Gasteiger partial charge on any atom is 0.226 e. The van der Waals surface area contributed by atoms with E-state index in [-0.39, 0.29) is 23.3 Å². The number of imidazole rings is 1. The normalized spacial score (nSPS) is 20.6. The highest BCUT2D eigenvalue weighted by Gasteiger charge is 2.51. The minimum absolute atomic E-state index is 0.190. The number of aromatic amines is 1. The van der Waals surface area contributed by atoms with Crippen molar-refractivity contribution in [1.29, 1.82) is 0 Å². The number of nitrogens with zero attached hydrogens (tertiary/aromatic N) is 4. The fourth-order valence-corrected chi connectivity index (χ4v) is 4.94. The number of piperidine rings is 1. The molecule has 7 heteroatoms. The van der Waals surface area contributed by atoms with Crippen molar-refractivity contribution in [2.75, 3.05) is 19.6 Å². The molecule has 0 unspecified atom stereocenters. The molecule has 2 aliphatic heterocycles. The van der Waals surface area contributed by atoms with E-state index in [1.165, 1.54) is 0 Å². The van der Waals surface area contributed by atoms with Crippen molar-refractivity contribution in [2.45, 2.75) is 50.5 Å². The Morgan fingerprint density at radius 2 is 1.90 bits per heavy atom. The molecule has 29 heavy (non-hydrogen) atoms. The van der Waals surface area contributed by atoms with Gasteiger partial charge in [0, 0.05) is 56.5 Å². The summed E-state index contributed by atoms with van der Waals surface area (Å²) in [6, 6.07) is 3.92. The average Bonchev–Trinajstić information content (AvgIpc) is 3.50. The summed E-state index contributed by atoms with van der Waals surface area (Å²) < 4.78 is 0. The Morgan fingerprint density at radius 1 is 1.14 bits per heavy atom. The largest absolute Gasteiger partial charge is 0.348 e. The smallest absolute Gasteiger partial charge is 0.226 e. The first-order valence-corrected chi connectivity index (χ1v) is 10.7. The summed E-state index contributed by atoms with van der Waals surface area (Å²) in [6.45, 7) is 2.10. The van der Waals surface area contributed by atoms with Gasteiger partial charge in [-0.25, -0.2) is 4.98 Å². The molecule has 2 aromatic heterocycles. The van der Waals surface area contributed by atoms with Crippen molar-refractivity contribution < 1.29 is 9.59 Å². The van der Waals surface area contributed by atoms with Crippen LogP contribution < -0.4 is 0 Å². The quantitative estimate of drug-likeness (QED) is 0.862.